The quantitative estimate of drug-likeness (QED) is 0.551. The van der Waals surface area contributed by atoms with Crippen LogP contribution < -0.4 is 9.54 Å². The summed E-state index contributed by atoms with van der Waals surface area (Å²) in [6.45, 7) is 10.6. The van der Waals surface area contributed by atoms with E-state index >= 15 is 0 Å². The third kappa shape index (κ3) is 4.51. The molecular formula is C22H26N2O3S. The van der Waals surface area contributed by atoms with E-state index in [9.17, 15) is 4.79 Å². The van der Waals surface area contributed by atoms with E-state index in [-0.39, 0.29) is 5.91 Å². The minimum absolute atomic E-state index is 0.256. The number of fused-ring (bicyclic) bond motifs is 1. The summed E-state index contributed by atoms with van der Waals surface area (Å²) in [5, 5.41) is 0. The molecule has 0 aliphatic heterocycles. The van der Waals surface area contributed by atoms with Crippen LogP contribution in [0.25, 0.3) is 10.2 Å². The van der Waals surface area contributed by atoms with Gasteiger partial charge in [-0.2, -0.15) is 4.99 Å². The summed E-state index contributed by atoms with van der Waals surface area (Å²) in [6, 6.07) is 11.4. The number of benzene rings is 2. The molecule has 1 amide bonds. The molecule has 3 aromatic rings. The van der Waals surface area contributed by atoms with Crippen LogP contribution in [0.4, 0.5) is 0 Å². The van der Waals surface area contributed by atoms with Crippen molar-refractivity contribution >= 4 is 27.5 Å². The highest BCUT2D eigenvalue weighted by molar-refractivity contribution is 7.16. The Morgan fingerprint density at radius 3 is 2.46 bits per heavy atom. The van der Waals surface area contributed by atoms with Crippen molar-refractivity contribution in [2.45, 2.75) is 34.2 Å². The van der Waals surface area contributed by atoms with Crippen molar-refractivity contribution in [2.24, 2.45) is 4.99 Å². The molecule has 6 heteroatoms. The summed E-state index contributed by atoms with van der Waals surface area (Å²) in [6.07, 6.45) is 0. The molecule has 0 saturated carbocycles. The number of amides is 1. The number of rotatable bonds is 7. The number of thiazole rings is 1. The van der Waals surface area contributed by atoms with Crippen LogP contribution in [0.3, 0.4) is 0 Å². The van der Waals surface area contributed by atoms with Gasteiger partial charge in [0.2, 0.25) is 0 Å². The summed E-state index contributed by atoms with van der Waals surface area (Å²) in [5.74, 6) is 0.492. The predicted octanol–water partition coefficient (Wildman–Crippen LogP) is 4.50. The molecule has 2 aromatic carbocycles. The maximum Gasteiger partial charge on any atom is 0.279 e. The molecule has 0 atom stereocenters. The molecule has 0 aliphatic carbocycles. The van der Waals surface area contributed by atoms with Gasteiger partial charge in [-0.3, -0.25) is 4.79 Å². The van der Waals surface area contributed by atoms with Crippen LogP contribution in [0.5, 0.6) is 5.75 Å². The van der Waals surface area contributed by atoms with E-state index in [2.05, 4.69) is 35.5 Å². The first kappa shape index (κ1) is 20.3. The highest BCUT2D eigenvalue weighted by atomic mass is 32.1. The molecule has 5 nitrogen and oxygen atoms in total. The molecule has 0 unspecified atom stereocenters. The molecule has 0 N–H and O–H groups in total. The molecule has 3 rings (SSSR count). The Hall–Kier alpha value is -2.44. The predicted molar refractivity (Wildman–Crippen MR) is 113 cm³/mol. The highest BCUT2D eigenvalue weighted by Gasteiger charge is 2.11. The lowest BCUT2D eigenvalue weighted by molar-refractivity contribution is 0.0996. The molecule has 0 saturated heterocycles. The molecule has 0 aliphatic rings. The Morgan fingerprint density at radius 1 is 1.07 bits per heavy atom. The maximum atomic E-state index is 12.7. The smallest absolute Gasteiger partial charge is 0.279 e. The Morgan fingerprint density at radius 2 is 1.79 bits per heavy atom. The van der Waals surface area contributed by atoms with Crippen molar-refractivity contribution < 1.29 is 14.3 Å². The van der Waals surface area contributed by atoms with Crippen molar-refractivity contribution in [2.75, 3.05) is 19.8 Å². The molecule has 1 heterocycles. The van der Waals surface area contributed by atoms with Crippen molar-refractivity contribution in [1.29, 1.82) is 0 Å². The summed E-state index contributed by atoms with van der Waals surface area (Å²) >= 11 is 1.53. The number of carbonyl (C=O) groups excluding carboxylic acids is 1. The standard InChI is InChI=1S/C22H26N2O3S/c1-5-26-12-11-24-19-13-15(3)16(4)14-20(19)28-22(24)23-21(25)17-7-9-18(10-8-17)27-6-2/h7-10,13-14H,5-6,11-12H2,1-4H3. The first-order chi connectivity index (χ1) is 13.5. The van der Waals surface area contributed by atoms with Gasteiger partial charge in [0.15, 0.2) is 4.80 Å². The molecular weight excluding hydrogens is 372 g/mol. The normalized spacial score (nSPS) is 11.9. The lowest BCUT2D eigenvalue weighted by Gasteiger charge is -2.07. The molecule has 0 fully saturated rings. The van der Waals surface area contributed by atoms with Gasteiger partial charge in [-0.25, -0.2) is 0 Å². The minimum Gasteiger partial charge on any atom is -0.494 e. The van der Waals surface area contributed by atoms with Gasteiger partial charge in [-0.1, -0.05) is 11.3 Å². The van der Waals surface area contributed by atoms with Crippen LogP contribution in [0.1, 0.15) is 35.3 Å². The van der Waals surface area contributed by atoms with Gasteiger partial charge in [-0.05, 0) is 75.2 Å². The van der Waals surface area contributed by atoms with E-state index in [1.54, 1.807) is 24.3 Å². The number of aryl methyl sites for hydroxylation is 2. The third-order valence-electron chi connectivity index (χ3n) is 4.57. The lowest BCUT2D eigenvalue weighted by Crippen LogP contribution is -2.19. The zero-order valence-corrected chi connectivity index (χ0v) is 17.6. The number of hydrogen-bond donors (Lipinski definition) is 0. The fourth-order valence-corrected chi connectivity index (χ4v) is 4.07. The van der Waals surface area contributed by atoms with Crippen molar-refractivity contribution in [3.63, 3.8) is 0 Å². The van der Waals surface area contributed by atoms with Crippen molar-refractivity contribution in [3.8, 4) is 5.75 Å². The number of ether oxygens (including phenoxy) is 2. The van der Waals surface area contributed by atoms with Crippen LogP contribution in [0, 0.1) is 13.8 Å². The Kier molecular flexibility index (Phi) is 6.65. The third-order valence-corrected chi connectivity index (χ3v) is 5.61. The van der Waals surface area contributed by atoms with E-state index < -0.39 is 0 Å². The zero-order valence-electron chi connectivity index (χ0n) is 16.8. The van der Waals surface area contributed by atoms with Gasteiger partial charge in [0, 0.05) is 18.7 Å². The average Bonchev–Trinajstić information content (AvgIpc) is 2.99. The van der Waals surface area contributed by atoms with Gasteiger partial charge in [0.05, 0.1) is 23.4 Å². The Labute approximate surface area is 169 Å². The van der Waals surface area contributed by atoms with E-state index in [1.807, 2.05) is 13.8 Å². The van der Waals surface area contributed by atoms with Gasteiger partial charge in [-0.15, -0.1) is 0 Å². The average molecular weight is 399 g/mol. The molecule has 0 spiro atoms. The Balaban J connectivity index is 2.01. The fraction of sp³-hybridized carbons (Fsp3) is 0.364. The second-order valence-corrected chi connectivity index (χ2v) is 7.52. The van der Waals surface area contributed by atoms with Gasteiger partial charge < -0.3 is 14.0 Å². The van der Waals surface area contributed by atoms with Gasteiger partial charge in [0.1, 0.15) is 5.75 Å². The van der Waals surface area contributed by atoms with E-state index in [1.165, 1.54) is 22.5 Å². The van der Waals surface area contributed by atoms with E-state index in [0.29, 0.717) is 36.7 Å². The first-order valence-electron chi connectivity index (χ1n) is 9.53. The number of carbonyl (C=O) groups is 1. The Bertz CT molecular complexity index is 1030. The zero-order chi connectivity index (χ0) is 20.1. The summed E-state index contributed by atoms with van der Waals surface area (Å²) in [5.41, 5.74) is 4.09. The largest absolute Gasteiger partial charge is 0.494 e. The highest BCUT2D eigenvalue weighted by Crippen LogP contribution is 2.22. The summed E-state index contributed by atoms with van der Waals surface area (Å²) < 4.78 is 14.2. The molecule has 1 aromatic heterocycles. The lowest BCUT2D eigenvalue weighted by atomic mass is 10.1. The summed E-state index contributed by atoms with van der Waals surface area (Å²) in [7, 11) is 0. The van der Waals surface area contributed by atoms with Crippen molar-refractivity contribution in [1.82, 2.24) is 4.57 Å². The van der Waals surface area contributed by atoms with Crippen LogP contribution >= 0.6 is 11.3 Å². The molecule has 0 radical (unpaired) electrons. The van der Waals surface area contributed by atoms with E-state index in [0.717, 1.165) is 16.0 Å². The van der Waals surface area contributed by atoms with Gasteiger partial charge >= 0.3 is 0 Å². The SMILES string of the molecule is CCOCCn1c(=NC(=O)c2ccc(OCC)cc2)sc2cc(C)c(C)cc21. The topological polar surface area (TPSA) is 52.8 Å². The monoisotopic (exact) mass is 398 g/mol. The van der Waals surface area contributed by atoms with Crippen molar-refractivity contribution in [3.05, 3.63) is 57.9 Å². The van der Waals surface area contributed by atoms with Crippen LogP contribution in [0.2, 0.25) is 0 Å². The number of nitrogens with zero attached hydrogens (tertiary/aromatic N) is 2. The molecule has 0 bridgehead atoms. The van der Waals surface area contributed by atoms with Crippen LogP contribution in [0.15, 0.2) is 41.4 Å². The molecule has 28 heavy (non-hydrogen) atoms. The number of hydrogen-bond acceptors (Lipinski definition) is 4. The minimum atomic E-state index is -0.256. The van der Waals surface area contributed by atoms with Crippen LogP contribution in [-0.4, -0.2) is 30.3 Å². The van der Waals surface area contributed by atoms with Gasteiger partial charge in [0.25, 0.3) is 5.91 Å². The second kappa shape index (κ2) is 9.17. The first-order valence-corrected chi connectivity index (χ1v) is 10.3. The molecule has 148 valence electrons. The fourth-order valence-electron chi connectivity index (χ4n) is 2.93. The summed E-state index contributed by atoms with van der Waals surface area (Å²) in [4.78, 5) is 17.9. The van der Waals surface area contributed by atoms with E-state index in [4.69, 9.17) is 9.47 Å². The number of aromatic nitrogens is 1. The van der Waals surface area contributed by atoms with Crippen LogP contribution in [-0.2, 0) is 11.3 Å². The second-order valence-electron chi connectivity index (χ2n) is 6.51. The maximum absolute atomic E-state index is 12.7.